The van der Waals surface area contributed by atoms with Crippen molar-refractivity contribution in [1.29, 1.82) is 0 Å². The molecule has 2 N–H and O–H groups in total. The van der Waals surface area contributed by atoms with E-state index < -0.39 is 0 Å². The van der Waals surface area contributed by atoms with Crippen LogP contribution in [-0.4, -0.2) is 9.78 Å². The summed E-state index contributed by atoms with van der Waals surface area (Å²) in [5.74, 6) is -0.319. The highest BCUT2D eigenvalue weighted by molar-refractivity contribution is 9.10. The van der Waals surface area contributed by atoms with Crippen LogP contribution in [0.5, 0.6) is 0 Å². The SMILES string of the molecule is Cn1cc(Sc2cc(F)c(Br)cc2N)cn1. The standard InChI is InChI=1S/C10H9BrFN3S/c1-15-5-6(4-14-15)16-10-3-8(12)7(11)2-9(10)13/h2-5H,13H2,1H3. The van der Waals surface area contributed by atoms with Crippen molar-refractivity contribution in [3.63, 3.8) is 0 Å². The summed E-state index contributed by atoms with van der Waals surface area (Å²) in [7, 11) is 1.83. The third-order valence-electron chi connectivity index (χ3n) is 1.96. The lowest BCUT2D eigenvalue weighted by Gasteiger charge is -2.05. The van der Waals surface area contributed by atoms with Crippen molar-refractivity contribution >= 4 is 33.4 Å². The van der Waals surface area contributed by atoms with Crippen LogP contribution in [-0.2, 0) is 7.05 Å². The first kappa shape index (κ1) is 11.5. The van der Waals surface area contributed by atoms with E-state index in [4.69, 9.17) is 5.73 Å². The van der Waals surface area contributed by atoms with E-state index in [0.29, 0.717) is 15.1 Å². The highest BCUT2D eigenvalue weighted by Crippen LogP contribution is 2.34. The zero-order valence-electron chi connectivity index (χ0n) is 8.45. The fourth-order valence-electron chi connectivity index (χ4n) is 1.21. The lowest BCUT2D eigenvalue weighted by Crippen LogP contribution is -1.90. The van der Waals surface area contributed by atoms with E-state index in [0.717, 1.165) is 4.90 Å². The molecule has 3 nitrogen and oxygen atoms in total. The highest BCUT2D eigenvalue weighted by Gasteiger charge is 2.08. The maximum Gasteiger partial charge on any atom is 0.138 e. The lowest BCUT2D eigenvalue weighted by molar-refractivity contribution is 0.618. The highest BCUT2D eigenvalue weighted by atomic mass is 79.9. The summed E-state index contributed by atoms with van der Waals surface area (Å²) < 4.78 is 15.4. The van der Waals surface area contributed by atoms with Crippen LogP contribution in [0, 0.1) is 5.82 Å². The monoisotopic (exact) mass is 301 g/mol. The summed E-state index contributed by atoms with van der Waals surface area (Å²) in [6, 6.07) is 2.98. The maximum absolute atomic E-state index is 13.3. The van der Waals surface area contributed by atoms with Gasteiger partial charge in [0.05, 0.1) is 15.6 Å². The number of nitrogens with two attached hydrogens (primary N) is 1. The molecule has 0 aliphatic rings. The molecule has 0 radical (unpaired) electrons. The Morgan fingerprint density at radius 2 is 2.25 bits per heavy atom. The number of rotatable bonds is 2. The van der Waals surface area contributed by atoms with E-state index in [9.17, 15) is 4.39 Å². The zero-order chi connectivity index (χ0) is 11.7. The number of nitrogens with zero attached hydrogens (tertiary/aromatic N) is 2. The van der Waals surface area contributed by atoms with Crippen LogP contribution in [0.4, 0.5) is 10.1 Å². The Balaban J connectivity index is 2.31. The maximum atomic E-state index is 13.3. The molecule has 0 aliphatic carbocycles. The fourth-order valence-corrected chi connectivity index (χ4v) is 2.47. The summed E-state index contributed by atoms with van der Waals surface area (Å²) in [5, 5.41) is 4.03. The summed E-state index contributed by atoms with van der Waals surface area (Å²) in [6.07, 6.45) is 3.56. The van der Waals surface area contributed by atoms with Gasteiger partial charge in [-0.25, -0.2) is 4.39 Å². The van der Waals surface area contributed by atoms with Crippen molar-refractivity contribution in [3.05, 3.63) is 34.8 Å². The molecule has 0 amide bonds. The lowest BCUT2D eigenvalue weighted by atomic mass is 10.3. The summed E-state index contributed by atoms with van der Waals surface area (Å²) in [5.41, 5.74) is 6.34. The van der Waals surface area contributed by atoms with Crippen LogP contribution in [0.15, 0.2) is 38.8 Å². The van der Waals surface area contributed by atoms with Crippen LogP contribution in [0.3, 0.4) is 0 Å². The molecule has 0 fully saturated rings. The fraction of sp³-hybridized carbons (Fsp3) is 0.100. The van der Waals surface area contributed by atoms with Crippen LogP contribution >= 0.6 is 27.7 Å². The number of halogens is 2. The van der Waals surface area contributed by atoms with Crippen LogP contribution in [0.1, 0.15) is 0 Å². The van der Waals surface area contributed by atoms with Crippen LogP contribution in [0.25, 0.3) is 0 Å². The smallest absolute Gasteiger partial charge is 0.138 e. The summed E-state index contributed by atoms with van der Waals surface area (Å²) >= 11 is 4.48. The minimum Gasteiger partial charge on any atom is -0.398 e. The number of nitrogen functional groups attached to an aromatic ring is 1. The molecule has 6 heteroatoms. The van der Waals surface area contributed by atoms with Gasteiger partial charge in [0.25, 0.3) is 0 Å². The molecule has 1 aromatic heterocycles. The first-order valence-corrected chi connectivity index (χ1v) is 6.08. The van der Waals surface area contributed by atoms with E-state index in [2.05, 4.69) is 21.0 Å². The van der Waals surface area contributed by atoms with Crippen molar-refractivity contribution in [1.82, 2.24) is 9.78 Å². The molecular formula is C10H9BrFN3S. The van der Waals surface area contributed by atoms with Gasteiger partial charge in [0.1, 0.15) is 5.82 Å². The number of hydrogen-bond acceptors (Lipinski definition) is 3. The van der Waals surface area contributed by atoms with Gasteiger partial charge in [-0.1, -0.05) is 11.8 Å². The number of aryl methyl sites for hydroxylation is 1. The Labute approximate surface area is 105 Å². The average molecular weight is 302 g/mol. The third-order valence-corrected chi connectivity index (χ3v) is 3.59. The number of anilines is 1. The minimum absolute atomic E-state index is 0.319. The van der Waals surface area contributed by atoms with Crippen LogP contribution in [0.2, 0.25) is 0 Å². The van der Waals surface area contributed by atoms with Gasteiger partial charge >= 0.3 is 0 Å². The molecule has 0 bridgehead atoms. The number of benzene rings is 1. The van der Waals surface area contributed by atoms with Gasteiger partial charge in [-0.2, -0.15) is 5.10 Å². The number of hydrogen-bond donors (Lipinski definition) is 1. The Bertz CT molecular complexity index is 527. The van der Waals surface area contributed by atoms with Gasteiger partial charge in [0, 0.05) is 23.8 Å². The first-order chi connectivity index (χ1) is 7.56. The van der Waals surface area contributed by atoms with E-state index in [1.807, 2.05) is 13.2 Å². The second-order valence-electron chi connectivity index (χ2n) is 3.26. The topological polar surface area (TPSA) is 43.8 Å². The Hall–Kier alpha value is -1.01. The van der Waals surface area contributed by atoms with Crippen molar-refractivity contribution in [2.24, 2.45) is 7.05 Å². The minimum atomic E-state index is -0.319. The summed E-state index contributed by atoms with van der Waals surface area (Å²) in [6.45, 7) is 0. The van der Waals surface area contributed by atoms with Crippen molar-refractivity contribution in [3.8, 4) is 0 Å². The molecule has 0 saturated heterocycles. The predicted molar refractivity (Wildman–Crippen MR) is 65.8 cm³/mol. The second-order valence-corrected chi connectivity index (χ2v) is 5.23. The van der Waals surface area contributed by atoms with E-state index >= 15 is 0 Å². The third kappa shape index (κ3) is 2.38. The Morgan fingerprint density at radius 3 is 2.88 bits per heavy atom. The van der Waals surface area contributed by atoms with E-state index in [-0.39, 0.29) is 5.82 Å². The molecule has 0 aliphatic heterocycles. The average Bonchev–Trinajstić information content (AvgIpc) is 2.60. The first-order valence-electron chi connectivity index (χ1n) is 4.47. The zero-order valence-corrected chi connectivity index (χ0v) is 10.8. The van der Waals surface area contributed by atoms with E-state index in [1.54, 1.807) is 16.9 Å². The van der Waals surface area contributed by atoms with Crippen molar-refractivity contribution in [2.45, 2.75) is 9.79 Å². The van der Waals surface area contributed by atoms with E-state index in [1.165, 1.54) is 17.8 Å². The molecule has 2 rings (SSSR count). The Kier molecular flexibility index (Phi) is 3.20. The van der Waals surface area contributed by atoms with Crippen LogP contribution < -0.4 is 5.73 Å². The molecule has 0 saturated carbocycles. The summed E-state index contributed by atoms with van der Waals surface area (Å²) in [4.78, 5) is 1.62. The van der Waals surface area contributed by atoms with Gasteiger partial charge in [-0.3, -0.25) is 4.68 Å². The predicted octanol–water partition coefficient (Wildman–Crippen LogP) is 3.06. The van der Waals surface area contributed by atoms with Gasteiger partial charge in [-0.15, -0.1) is 0 Å². The van der Waals surface area contributed by atoms with Gasteiger partial charge in [0.15, 0.2) is 0 Å². The van der Waals surface area contributed by atoms with Gasteiger partial charge < -0.3 is 5.73 Å². The molecule has 2 aromatic rings. The Morgan fingerprint density at radius 1 is 1.50 bits per heavy atom. The molecular weight excluding hydrogens is 293 g/mol. The van der Waals surface area contributed by atoms with Crippen molar-refractivity contribution in [2.75, 3.05) is 5.73 Å². The molecule has 84 valence electrons. The molecule has 16 heavy (non-hydrogen) atoms. The molecule has 1 aromatic carbocycles. The largest absolute Gasteiger partial charge is 0.398 e. The van der Waals surface area contributed by atoms with Gasteiger partial charge in [0.2, 0.25) is 0 Å². The molecule has 0 atom stereocenters. The molecule has 0 spiro atoms. The second kappa shape index (κ2) is 4.47. The normalized spacial score (nSPS) is 10.7. The quantitative estimate of drug-likeness (QED) is 0.867. The van der Waals surface area contributed by atoms with Crippen molar-refractivity contribution < 1.29 is 4.39 Å². The molecule has 1 heterocycles. The number of aromatic nitrogens is 2. The molecule has 0 unspecified atom stereocenters. The van der Waals surface area contributed by atoms with Gasteiger partial charge in [-0.05, 0) is 28.1 Å².